The smallest absolute Gasteiger partial charge is 0.327 e. The van der Waals surface area contributed by atoms with Crippen molar-refractivity contribution in [1.29, 1.82) is 0 Å². The molecule has 0 spiro atoms. The molecule has 28 heavy (non-hydrogen) atoms. The lowest BCUT2D eigenvalue weighted by atomic mass is 9.90. The van der Waals surface area contributed by atoms with Gasteiger partial charge in [0, 0.05) is 35.6 Å². The maximum Gasteiger partial charge on any atom is 0.327 e. The van der Waals surface area contributed by atoms with Crippen molar-refractivity contribution in [3.63, 3.8) is 0 Å². The lowest BCUT2D eigenvalue weighted by Gasteiger charge is -2.20. The maximum atomic E-state index is 12.4. The number of carbonyl (C=O) groups excluding carboxylic acids is 3. The second-order valence-electron chi connectivity index (χ2n) is 5.84. The van der Waals surface area contributed by atoms with E-state index in [1.165, 1.54) is 27.2 Å². The Balaban J connectivity index is 2.31. The highest BCUT2D eigenvalue weighted by Gasteiger charge is 2.32. The zero-order chi connectivity index (χ0) is 21.0. The average molecular weight is 409 g/mol. The molecule has 0 saturated heterocycles. The quantitative estimate of drug-likeness (QED) is 0.576. The van der Waals surface area contributed by atoms with Crippen LogP contribution in [0.3, 0.4) is 0 Å². The Morgan fingerprint density at radius 3 is 2.46 bits per heavy atom. The van der Waals surface area contributed by atoms with Crippen molar-refractivity contribution in [2.75, 3.05) is 20.0 Å². The number of fused-ring (bicyclic) bond motifs is 1. The summed E-state index contributed by atoms with van der Waals surface area (Å²) in [7, 11) is 2.60. The first kappa shape index (κ1) is 21.3. The van der Waals surface area contributed by atoms with Gasteiger partial charge in [0.05, 0.1) is 19.8 Å². The number of ketones is 2. The van der Waals surface area contributed by atoms with Crippen LogP contribution in [-0.2, 0) is 20.1 Å². The molecular formula is C18H19NO8S. The monoisotopic (exact) mass is 409 g/mol. The zero-order valence-electron chi connectivity index (χ0n) is 15.4. The van der Waals surface area contributed by atoms with Gasteiger partial charge in [-0.3, -0.25) is 14.4 Å². The van der Waals surface area contributed by atoms with Crippen LogP contribution in [0.1, 0.15) is 33.2 Å². The van der Waals surface area contributed by atoms with Crippen molar-refractivity contribution in [3.8, 4) is 11.5 Å². The third kappa shape index (κ3) is 4.28. The second-order valence-corrected chi connectivity index (χ2v) is 6.87. The number of nitrogens with one attached hydrogen (secondary N) is 1. The molecule has 0 unspecified atom stereocenters. The minimum absolute atomic E-state index is 0.0230. The van der Waals surface area contributed by atoms with Gasteiger partial charge in [-0.15, -0.1) is 0 Å². The van der Waals surface area contributed by atoms with Crippen LogP contribution in [0, 0.1) is 0 Å². The summed E-state index contributed by atoms with van der Waals surface area (Å²) in [5.41, 5.74) is 0.0570. The number of Topliss-reactive ketones (excluding diaryl/α,β-unsaturated/α-hetero) is 1. The summed E-state index contributed by atoms with van der Waals surface area (Å²) in [5.74, 6) is -3.06. The van der Waals surface area contributed by atoms with E-state index in [2.05, 4.69) is 5.32 Å². The molecule has 1 aliphatic carbocycles. The summed E-state index contributed by atoms with van der Waals surface area (Å²) < 4.78 is 10.1. The molecule has 2 rings (SSSR count). The normalized spacial score (nSPS) is 14.0. The molecule has 10 heteroatoms. The molecule has 1 aromatic rings. The van der Waals surface area contributed by atoms with Gasteiger partial charge in [-0.2, -0.15) is 11.8 Å². The summed E-state index contributed by atoms with van der Waals surface area (Å²) in [4.78, 5) is 47.0. The van der Waals surface area contributed by atoms with Crippen LogP contribution in [0.15, 0.2) is 17.9 Å². The predicted molar refractivity (Wildman–Crippen MR) is 99.8 cm³/mol. The van der Waals surface area contributed by atoms with E-state index >= 15 is 0 Å². The molecule has 1 amide bonds. The van der Waals surface area contributed by atoms with Gasteiger partial charge in [-0.25, -0.2) is 4.79 Å². The maximum absolute atomic E-state index is 12.4. The van der Waals surface area contributed by atoms with Gasteiger partial charge >= 0.3 is 5.97 Å². The molecule has 0 fully saturated rings. The van der Waals surface area contributed by atoms with Gasteiger partial charge in [0.2, 0.25) is 11.7 Å². The van der Waals surface area contributed by atoms with E-state index in [1.54, 1.807) is 0 Å². The highest BCUT2D eigenvalue weighted by Crippen LogP contribution is 2.39. The number of amides is 1. The molecule has 1 aliphatic rings. The lowest BCUT2D eigenvalue weighted by molar-refractivity contribution is -0.140. The highest BCUT2D eigenvalue weighted by molar-refractivity contribution is 7.98. The molecule has 9 nitrogen and oxygen atoms in total. The van der Waals surface area contributed by atoms with E-state index in [1.807, 2.05) is 0 Å². The first-order valence-corrected chi connectivity index (χ1v) is 9.21. The van der Waals surface area contributed by atoms with E-state index in [0.717, 1.165) is 17.8 Å². The minimum atomic E-state index is -1.19. The lowest BCUT2D eigenvalue weighted by Crippen LogP contribution is -2.41. The van der Waals surface area contributed by atoms with Crippen LogP contribution in [0.2, 0.25) is 0 Å². The van der Waals surface area contributed by atoms with Crippen molar-refractivity contribution < 1.29 is 38.9 Å². The fraction of sp³-hybridized carbons (Fsp3) is 0.333. The van der Waals surface area contributed by atoms with Gasteiger partial charge in [-0.05, 0) is 6.07 Å². The number of hydrogen-bond acceptors (Lipinski definition) is 8. The van der Waals surface area contributed by atoms with E-state index in [4.69, 9.17) is 14.6 Å². The van der Waals surface area contributed by atoms with Crippen molar-refractivity contribution in [1.82, 2.24) is 5.32 Å². The number of ether oxygens (including phenoxy) is 2. The molecule has 1 aromatic carbocycles. The van der Waals surface area contributed by atoms with Gasteiger partial charge < -0.3 is 25.0 Å². The second kappa shape index (κ2) is 8.79. The van der Waals surface area contributed by atoms with Crippen LogP contribution >= 0.6 is 11.8 Å². The highest BCUT2D eigenvalue weighted by atomic mass is 32.2. The van der Waals surface area contributed by atoms with Gasteiger partial charge in [-0.1, -0.05) is 0 Å². The number of thioether (sulfide) groups is 1. The van der Waals surface area contributed by atoms with Gasteiger partial charge in [0.25, 0.3) is 0 Å². The molecule has 0 aliphatic heterocycles. The number of phenols is 1. The van der Waals surface area contributed by atoms with Crippen LogP contribution in [0.25, 0.3) is 0 Å². The van der Waals surface area contributed by atoms with Crippen molar-refractivity contribution in [2.45, 2.75) is 18.7 Å². The van der Waals surface area contributed by atoms with Crippen LogP contribution < -0.4 is 10.1 Å². The van der Waals surface area contributed by atoms with Crippen molar-refractivity contribution in [2.24, 2.45) is 0 Å². The Morgan fingerprint density at radius 1 is 1.25 bits per heavy atom. The van der Waals surface area contributed by atoms with E-state index < -0.39 is 35.2 Å². The minimum Gasteiger partial charge on any atom is -0.507 e. The Kier molecular flexibility index (Phi) is 6.68. The molecule has 0 bridgehead atoms. The van der Waals surface area contributed by atoms with E-state index in [-0.39, 0.29) is 39.7 Å². The fourth-order valence-electron chi connectivity index (χ4n) is 2.68. The number of carbonyl (C=O) groups is 4. The standard InChI is InChI=1S/C18H19NO8S/c1-8(20)19-11(18(24)25)7-28-6-10-13(26-2)4-9-15(17(10)23)12(21)5-14(27-3)16(9)22/h4-5,11,23H,6-7H2,1-3H3,(H,19,20)(H,24,25)/t11-/m0/s1. The fourth-order valence-corrected chi connectivity index (χ4v) is 3.74. The first-order chi connectivity index (χ1) is 13.2. The van der Waals surface area contributed by atoms with E-state index in [9.17, 15) is 24.3 Å². The SMILES string of the molecule is COC1=CC(=O)c2c(cc(OC)c(CSC[C@H](NC(C)=O)C(=O)O)c2O)C1=O. The number of carboxylic acid groups (broad SMARTS) is 1. The Labute approximate surface area is 164 Å². The molecule has 1 atom stereocenters. The summed E-state index contributed by atoms with van der Waals surface area (Å²) in [6.45, 7) is 1.21. The van der Waals surface area contributed by atoms with Crippen LogP contribution in [0.5, 0.6) is 11.5 Å². The molecule has 0 saturated carbocycles. The third-order valence-electron chi connectivity index (χ3n) is 3.99. The summed E-state index contributed by atoms with van der Waals surface area (Å²) in [5, 5.41) is 22.0. The number of rotatable bonds is 8. The summed E-state index contributed by atoms with van der Waals surface area (Å²) in [6.07, 6.45) is 1.00. The Hall–Kier alpha value is -3.01. The van der Waals surface area contributed by atoms with E-state index in [0.29, 0.717) is 0 Å². The molecule has 3 N–H and O–H groups in total. The number of aliphatic carboxylic acids is 1. The number of phenolic OH excluding ortho intramolecular Hbond substituents is 1. The predicted octanol–water partition coefficient (Wildman–Crippen LogP) is 1.13. The zero-order valence-corrected chi connectivity index (χ0v) is 16.2. The Morgan fingerprint density at radius 2 is 1.93 bits per heavy atom. The number of carboxylic acids is 1. The average Bonchev–Trinajstić information content (AvgIpc) is 2.63. The van der Waals surface area contributed by atoms with Crippen LogP contribution in [-0.4, -0.2) is 59.7 Å². The summed E-state index contributed by atoms with van der Waals surface area (Å²) >= 11 is 1.11. The molecule has 0 heterocycles. The van der Waals surface area contributed by atoms with Crippen molar-refractivity contribution >= 4 is 35.2 Å². The number of hydrogen-bond donors (Lipinski definition) is 3. The van der Waals surface area contributed by atoms with Crippen molar-refractivity contribution in [3.05, 3.63) is 34.6 Å². The molecule has 150 valence electrons. The number of allylic oxidation sites excluding steroid dienone is 2. The number of aromatic hydroxyl groups is 1. The molecule has 0 radical (unpaired) electrons. The van der Waals surface area contributed by atoms with Crippen LogP contribution in [0.4, 0.5) is 0 Å². The molecular weight excluding hydrogens is 390 g/mol. The van der Waals surface area contributed by atoms with Gasteiger partial charge in [0.1, 0.15) is 17.5 Å². The largest absolute Gasteiger partial charge is 0.507 e. The third-order valence-corrected chi connectivity index (χ3v) is 5.05. The topological polar surface area (TPSA) is 139 Å². The first-order valence-electron chi connectivity index (χ1n) is 8.06. The number of methoxy groups -OCH3 is 2. The number of benzene rings is 1. The Bertz CT molecular complexity index is 877. The summed E-state index contributed by atoms with van der Waals surface area (Å²) in [6, 6.07) is 0.239. The molecule has 0 aromatic heterocycles. The van der Waals surface area contributed by atoms with Gasteiger partial charge in [0.15, 0.2) is 11.5 Å².